The van der Waals surface area contributed by atoms with E-state index in [-0.39, 0.29) is 5.69 Å². The molecule has 76 valence electrons. The van der Waals surface area contributed by atoms with Crippen molar-refractivity contribution in [2.75, 3.05) is 0 Å². The maximum Gasteiger partial charge on any atom is 0.433 e. The molecule has 1 aromatic rings. The van der Waals surface area contributed by atoms with Crippen LogP contribution < -0.4 is 5.73 Å². The summed E-state index contributed by atoms with van der Waals surface area (Å²) in [4.78, 5) is 6.40. The second kappa shape index (κ2) is 3.48. The molecule has 0 aliphatic rings. The molecule has 3 N–H and O–H groups in total. The number of hydrogen-bond acceptors (Lipinski definition) is 4. The van der Waals surface area contributed by atoms with Gasteiger partial charge < -0.3 is 10.9 Å². The Balaban J connectivity index is 3.14. The minimum atomic E-state index is -4.58. The van der Waals surface area contributed by atoms with Crippen molar-refractivity contribution in [1.82, 2.24) is 9.97 Å². The van der Waals surface area contributed by atoms with Gasteiger partial charge in [0.15, 0.2) is 5.84 Å². The molecule has 0 saturated carbocycles. The third kappa shape index (κ3) is 2.09. The van der Waals surface area contributed by atoms with E-state index in [9.17, 15) is 13.2 Å². The number of alkyl halides is 3. The third-order valence-electron chi connectivity index (χ3n) is 1.33. The number of oxime groups is 1. The van der Waals surface area contributed by atoms with Gasteiger partial charge in [0.25, 0.3) is 0 Å². The Morgan fingerprint density at radius 2 is 2.07 bits per heavy atom. The Bertz CT molecular complexity index is 362. The second-order valence-corrected chi connectivity index (χ2v) is 2.27. The van der Waals surface area contributed by atoms with Crippen LogP contribution >= 0.6 is 0 Å². The lowest BCUT2D eigenvalue weighted by Crippen LogP contribution is -2.17. The topological polar surface area (TPSA) is 84.4 Å². The first-order valence-corrected chi connectivity index (χ1v) is 3.32. The maximum absolute atomic E-state index is 12.1. The summed E-state index contributed by atoms with van der Waals surface area (Å²) in [6.07, 6.45) is -3.89. The van der Waals surface area contributed by atoms with Gasteiger partial charge in [-0.1, -0.05) is 5.16 Å². The van der Waals surface area contributed by atoms with Crippen LogP contribution in [0, 0.1) is 0 Å². The van der Waals surface area contributed by atoms with E-state index >= 15 is 0 Å². The second-order valence-electron chi connectivity index (χ2n) is 2.27. The van der Waals surface area contributed by atoms with Crippen LogP contribution in [0.15, 0.2) is 17.5 Å². The fraction of sp³-hybridized carbons (Fsp3) is 0.167. The summed E-state index contributed by atoms with van der Waals surface area (Å²) in [7, 11) is 0. The number of rotatable bonds is 1. The van der Waals surface area contributed by atoms with Gasteiger partial charge in [0, 0.05) is 0 Å². The van der Waals surface area contributed by atoms with E-state index in [1.165, 1.54) is 0 Å². The number of nitrogens with two attached hydrogens (primary N) is 1. The number of amidine groups is 1. The highest BCUT2D eigenvalue weighted by molar-refractivity contribution is 5.95. The van der Waals surface area contributed by atoms with Crippen LogP contribution in [-0.2, 0) is 6.18 Å². The molecule has 8 heteroatoms. The minimum absolute atomic E-state index is 0.283. The van der Waals surface area contributed by atoms with Gasteiger partial charge in [0.2, 0.25) is 0 Å². The zero-order valence-corrected chi connectivity index (χ0v) is 6.65. The van der Waals surface area contributed by atoms with Crippen molar-refractivity contribution >= 4 is 5.84 Å². The fourth-order valence-electron chi connectivity index (χ4n) is 0.704. The van der Waals surface area contributed by atoms with Gasteiger partial charge in [0.05, 0.1) is 0 Å². The molecule has 0 aliphatic carbocycles. The van der Waals surface area contributed by atoms with Crippen molar-refractivity contribution in [3.63, 3.8) is 0 Å². The van der Waals surface area contributed by atoms with Crippen molar-refractivity contribution < 1.29 is 18.4 Å². The normalized spacial score (nSPS) is 12.9. The molecule has 0 atom stereocenters. The molecule has 0 amide bonds. The average molecular weight is 206 g/mol. The fourth-order valence-corrected chi connectivity index (χ4v) is 0.704. The van der Waals surface area contributed by atoms with Crippen molar-refractivity contribution in [3.8, 4) is 0 Å². The number of nitrogens with zero attached hydrogens (tertiary/aromatic N) is 3. The Morgan fingerprint density at radius 3 is 2.57 bits per heavy atom. The Morgan fingerprint density at radius 1 is 1.43 bits per heavy atom. The number of aromatic nitrogens is 2. The van der Waals surface area contributed by atoms with Gasteiger partial charge in [-0.05, 0) is 6.07 Å². The van der Waals surface area contributed by atoms with Gasteiger partial charge in [-0.3, -0.25) is 0 Å². The summed E-state index contributed by atoms with van der Waals surface area (Å²) in [6.45, 7) is 0. The standard InChI is InChI=1S/C6H5F3N4O/c7-6(8,9)4-1-3(5(10)13-14)11-2-12-4/h1-2,14H,(H2,10,13). The van der Waals surface area contributed by atoms with E-state index < -0.39 is 17.7 Å². The molecular formula is C6H5F3N4O. The van der Waals surface area contributed by atoms with Crippen molar-refractivity contribution in [1.29, 1.82) is 0 Å². The van der Waals surface area contributed by atoms with Gasteiger partial charge >= 0.3 is 6.18 Å². The van der Waals surface area contributed by atoms with Gasteiger partial charge in [-0.25, -0.2) is 9.97 Å². The quantitative estimate of drug-likeness (QED) is 0.305. The summed E-state index contributed by atoms with van der Waals surface area (Å²) < 4.78 is 36.3. The monoisotopic (exact) mass is 206 g/mol. The number of hydrogen-bond donors (Lipinski definition) is 2. The average Bonchev–Trinajstić information content (AvgIpc) is 2.15. The highest BCUT2D eigenvalue weighted by atomic mass is 19.4. The van der Waals surface area contributed by atoms with Gasteiger partial charge in [0.1, 0.15) is 17.7 Å². The lowest BCUT2D eigenvalue weighted by molar-refractivity contribution is -0.141. The Kier molecular flexibility index (Phi) is 2.54. The zero-order valence-electron chi connectivity index (χ0n) is 6.65. The molecule has 0 radical (unpaired) electrons. The molecule has 14 heavy (non-hydrogen) atoms. The largest absolute Gasteiger partial charge is 0.433 e. The summed E-state index contributed by atoms with van der Waals surface area (Å²) in [5, 5.41) is 10.7. The molecule has 0 aliphatic heterocycles. The zero-order chi connectivity index (χ0) is 10.8. The van der Waals surface area contributed by atoms with E-state index in [1.54, 1.807) is 0 Å². The molecule has 0 spiro atoms. The van der Waals surface area contributed by atoms with E-state index in [1.807, 2.05) is 0 Å². The van der Waals surface area contributed by atoms with Crippen molar-refractivity contribution in [2.45, 2.75) is 6.18 Å². The SMILES string of the molecule is NC(=NO)c1cc(C(F)(F)F)ncn1. The molecule has 0 unspecified atom stereocenters. The van der Waals surface area contributed by atoms with Crippen LogP contribution in [0.5, 0.6) is 0 Å². The van der Waals surface area contributed by atoms with Gasteiger partial charge in [-0.2, -0.15) is 13.2 Å². The van der Waals surface area contributed by atoms with Crippen LogP contribution in [0.25, 0.3) is 0 Å². The molecule has 0 fully saturated rings. The molecule has 0 saturated heterocycles. The van der Waals surface area contributed by atoms with Gasteiger partial charge in [-0.15, -0.1) is 0 Å². The molecule has 0 aromatic carbocycles. The predicted octanol–water partition coefficient (Wildman–Crippen LogP) is 0.590. The molecular weight excluding hydrogens is 201 g/mol. The first kappa shape index (κ1) is 10.2. The van der Waals surface area contributed by atoms with Crippen LogP contribution in [0.3, 0.4) is 0 Å². The van der Waals surface area contributed by atoms with Crippen LogP contribution in [-0.4, -0.2) is 21.0 Å². The summed E-state index contributed by atoms with van der Waals surface area (Å²) in [5.41, 5.74) is 3.62. The maximum atomic E-state index is 12.1. The third-order valence-corrected chi connectivity index (χ3v) is 1.33. The lowest BCUT2D eigenvalue weighted by Gasteiger charge is -2.05. The van der Waals surface area contributed by atoms with E-state index in [4.69, 9.17) is 10.9 Å². The summed E-state index contributed by atoms with van der Waals surface area (Å²) in [6, 6.07) is 0.592. The van der Waals surface area contributed by atoms with E-state index in [2.05, 4.69) is 15.1 Å². The Labute approximate surface area is 76.1 Å². The molecule has 1 heterocycles. The Hall–Kier alpha value is -1.86. The smallest absolute Gasteiger partial charge is 0.409 e. The van der Waals surface area contributed by atoms with Crippen LogP contribution in [0.1, 0.15) is 11.4 Å². The summed E-state index contributed by atoms with van der Waals surface area (Å²) in [5.74, 6) is -0.502. The minimum Gasteiger partial charge on any atom is -0.409 e. The molecule has 0 bridgehead atoms. The van der Waals surface area contributed by atoms with Crippen molar-refractivity contribution in [2.24, 2.45) is 10.9 Å². The summed E-state index contributed by atoms with van der Waals surface area (Å²) >= 11 is 0. The highest BCUT2D eigenvalue weighted by Gasteiger charge is 2.33. The molecule has 1 aromatic heterocycles. The van der Waals surface area contributed by atoms with E-state index in [0.29, 0.717) is 12.4 Å². The number of halogens is 3. The van der Waals surface area contributed by atoms with Crippen LogP contribution in [0.2, 0.25) is 0 Å². The molecule has 5 nitrogen and oxygen atoms in total. The first-order valence-electron chi connectivity index (χ1n) is 3.32. The molecule has 1 rings (SSSR count). The van der Waals surface area contributed by atoms with E-state index in [0.717, 1.165) is 0 Å². The predicted molar refractivity (Wildman–Crippen MR) is 39.5 cm³/mol. The first-order chi connectivity index (χ1) is 6.45. The van der Waals surface area contributed by atoms with Crippen molar-refractivity contribution in [3.05, 3.63) is 23.8 Å². The van der Waals surface area contributed by atoms with Crippen LogP contribution in [0.4, 0.5) is 13.2 Å². The lowest BCUT2D eigenvalue weighted by atomic mass is 10.3. The highest BCUT2D eigenvalue weighted by Crippen LogP contribution is 2.27.